The summed E-state index contributed by atoms with van der Waals surface area (Å²) in [7, 11) is 3.77. The van der Waals surface area contributed by atoms with Crippen molar-refractivity contribution in [1.82, 2.24) is 19.7 Å². The molecule has 0 N–H and O–H groups in total. The molecule has 0 atom stereocenters. The van der Waals surface area contributed by atoms with Crippen molar-refractivity contribution in [2.45, 2.75) is 38.4 Å². The van der Waals surface area contributed by atoms with Crippen molar-refractivity contribution < 1.29 is 22.7 Å². The molecule has 1 saturated carbocycles. The number of nitrogens with zero attached hydrogens (tertiary/aromatic N) is 5. The van der Waals surface area contributed by atoms with Gasteiger partial charge in [0.15, 0.2) is 0 Å². The number of pyridine rings is 1. The largest absolute Gasteiger partial charge is 0.379 e. The number of halogens is 3. The topological polar surface area (TPSA) is 63.5 Å². The van der Waals surface area contributed by atoms with Gasteiger partial charge in [-0.25, -0.2) is 4.98 Å². The first kappa shape index (κ1) is 23.1. The van der Waals surface area contributed by atoms with Crippen LogP contribution in [-0.2, 0) is 18.3 Å². The number of morpholine rings is 1. The first-order valence-electron chi connectivity index (χ1n) is 10.3. The Hall–Kier alpha value is -2.62. The number of rotatable bonds is 2. The van der Waals surface area contributed by atoms with E-state index in [1.165, 1.54) is 30.5 Å². The summed E-state index contributed by atoms with van der Waals surface area (Å²) in [5.74, 6) is 1.66. The van der Waals surface area contributed by atoms with Gasteiger partial charge in [0.25, 0.3) is 5.91 Å². The predicted molar refractivity (Wildman–Crippen MR) is 110 cm³/mol. The van der Waals surface area contributed by atoms with Crippen LogP contribution in [0.15, 0.2) is 24.5 Å². The van der Waals surface area contributed by atoms with Gasteiger partial charge >= 0.3 is 6.68 Å². The Morgan fingerprint density at radius 1 is 1.16 bits per heavy atom. The average molecular weight is 439 g/mol. The second-order valence-electron chi connectivity index (χ2n) is 7.71. The van der Waals surface area contributed by atoms with E-state index in [4.69, 9.17) is 9.72 Å². The number of ether oxygens (including phenoxy) is 1. The lowest BCUT2D eigenvalue weighted by molar-refractivity contribution is 0.00818. The summed E-state index contributed by atoms with van der Waals surface area (Å²) in [5.41, 5.74) is 3.22. The van der Waals surface area contributed by atoms with Crippen molar-refractivity contribution in [3.05, 3.63) is 41.3 Å². The molecule has 5 rings (SSSR count). The Balaban J connectivity index is 0.000000227. The highest BCUT2D eigenvalue weighted by Gasteiger charge is 2.33. The molecule has 1 saturated heterocycles. The number of fused-ring (bicyclic) bond motifs is 1. The number of hydrogen-bond donors (Lipinski definition) is 0. The van der Waals surface area contributed by atoms with Crippen molar-refractivity contribution >= 4 is 11.7 Å². The van der Waals surface area contributed by atoms with Gasteiger partial charge in [-0.2, -0.15) is 18.3 Å². The Morgan fingerprint density at radius 3 is 2.32 bits per heavy atom. The van der Waals surface area contributed by atoms with Gasteiger partial charge in [-0.1, -0.05) is 6.42 Å². The third kappa shape index (κ3) is 5.96. The maximum atomic E-state index is 12.4. The fourth-order valence-corrected chi connectivity index (χ4v) is 3.77. The van der Waals surface area contributed by atoms with Crippen LogP contribution in [0.5, 0.6) is 0 Å². The molecular weight excluding hydrogens is 411 g/mol. The maximum absolute atomic E-state index is 12.4. The van der Waals surface area contributed by atoms with E-state index in [-0.39, 0.29) is 5.91 Å². The van der Waals surface area contributed by atoms with Crippen LogP contribution in [0.25, 0.3) is 0 Å². The summed E-state index contributed by atoms with van der Waals surface area (Å²) < 4.78 is 36.2. The molecule has 170 valence electrons. The molecule has 2 aromatic heterocycles. The summed E-state index contributed by atoms with van der Waals surface area (Å²) >= 11 is 0. The molecule has 4 heterocycles. The van der Waals surface area contributed by atoms with Crippen LogP contribution in [0.4, 0.5) is 19.0 Å². The van der Waals surface area contributed by atoms with Gasteiger partial charge in [-0.3, -0.25) is 9.48 Å². The van der Waals surface area contributed by atoms with Gasteiger partial charge in [-0.05, 0) is 25.0 Å². The van der Waals surface area contributed by atoms with Crippen LogP contribution in [0.1, 0.15) is 46.8 Å². The highest BCUT2D eigenvalue weighted by Crippen LogP contribution is 2.41. The molecule has 0 aromatic carbocycles. The molecule has 0 radical (unpaired) electrons. The highest BCUT2D eigenvalue weighted by atomic mass is 19.4. The zero-order valence-corrected chi connectivity index (χ0v) is 17.8. The number of carbonyl (C=O) groups excluding carboxylic acids is 1. The molecule has 0 unspecified atom stereocenters. The van der Waals surface area contributed by atoms with E-state index in [1.807, 2.05) is 32.4 Å². The number of carbonyl (C=O) groups is 1. The molecule has 10 heteroatoms. The molecular formula is C21H28F3N5O2. The van der Waals surface area contributed by atoms with Gasteiger partial charge in [-0.15, -0.1) is 0 Å². The molecule has 2 aromatic rings. The molecule has 1 amide bonds. The highest BCUT2D eigenvalue weighted by molar-refractivity contribution is 5.99. The number of aryl methyl sites for hydroxylation is 1. The number of alkyl halides is 3. The second kappa shape index (κ2) is 10.6. The Bertz CT molecular complexity index is 850. The lowest BCUT2D eigenvalue weighted by atomic mass is 9.80. The van der Waals surface area contributed by atoms with Crippen molar-refractivity contribution in [2.75, 3.05) is 38.3 Å². The van der Waals surface area contributed by atoms with E-state index in [0.29, 0.717) is 5.92 Å². The SMILES string of the molecule is CN1Cc2c(cc(N3CCOCC3)nc2C2CCC2)C1=O.Cn1cccn1.FC(F)F. The second-order valence-corrected chi connectivity index (χ2v) is 7.71. The third-order valence-corrected chi connectivity index (χ3v) is 5.58. The van der Waals surface area contributed by atoms with E-state index < -0.39 is 6.68 Å². The minimum atomic E-state index is -3.67. The summed E-state index contributed by atoms with van der Waals surface area (Å²) in [4.78, 5) is 21.4. The van der Waals surface area contributed by atoms with Crippen LogP contribution < -0.4 is 4.90 Å². The lowest BCUT2D eigenvalue weighted by Gasteiger charge is -2.31. The van der Waals surface area contributed by atoms with Crippen LogP contribution >= 0.6 is 0 Å². The maximum Gasteiger partial charge on any atom is 0.379 e. The summed E-state index contributed by atoms with van der Waals surface area (Å²) in [6, 6.07) is 3.88. The monoisotopic (exact) mass is 439 g/mol. The van der Waals surface area contributed by atoms with Gasteiger partial charge in [0.2, 0.25) is 0 Å². The minimum Gasteiger partial charge on any atom is -0.378 e. The van der Waals surface area contributed by atoms with Gasteiger partial charge in [0, 0.05) is 57.6 Å². The van der Waals surface area contributed by atoms with E-state index >= 15 is 0 Å². The number of hydrogen-bond acceptors (Lipinski definition) is 5. The van der Waals surface area contributed by atoms with Crippen LogP contribution in [0.3, 0.4) is 0 Å². The van der Waals surface area contributed by atoms with Crippen LogP contribution in [0, 0.1) is 0 Å². The van der Waals surface area contributed by atoms with E-state index in [2.05, 4.69) is 10.00 Å². The molecule has 3 aliphatic rings. The van der Waals surface area contributed by atoms with Crippen molar-refractivity contribution in [2.24, 2.45) is 7.05 Å². The standard InChI is InChI=1S/C16H21N3O2.C4H6N2.CHF3/c1-18-10-13-12(16(18)20)9-14(19-5-7-21-8-6-19)17-15(13)11-3-2-4-11;1-6-4-2-3-5-6;2-1(3)4/h9,11H,2-8,10H2,1H3;2-4H,1H3;1H. The quantitative estimate of drug-likeness (QED) is 0.718. The minimum absolute atomic E-state index is 0.141. The number of amides is 1. The summed E-state index contributed by atoms with van der Waals surface area (Å²) in [6.45, 7) is 0.257. The van der Waals surface area contributed by atoms with Gasteiger partial charge < -0.3 is 14.5 Å². The van der Waals surface area contributed by atoms with Gasteiger partial charge in [0.1, 0.15) is 5.82 Å². The average Bonchev–Trinajstić information content (AvgIpc) is 3.29. The zero-order valence-electron chi connectivity index (χ0n) is 17.8. The first-order valence-corrected chi connectivity index (χ1v) is 10.3. The molecule has 0 bridgehead atoms. The summed E-state index contributed by atoms with van der Waals surface area (Å²) in [5, 5.41) is 3.83. The zero-order chi connectivity index (χ0) is 22.4. The van der Waals surface area contributed by atoms with E-state index in [0.717, 1.165) is 44.2 Å². The Morgan fingerprint density at radius 2 is 1.84 bits per heavy atom. The molecule has 2 fully saturated rings. The van der Waals surface area contributed by atoms with Crippen molar-refractivity contribution in [3.8, 4) is 0 Å². The smallest absolute Gasteiger partial charge is 0.378 e. The fraction of sp³-hybridized carbons (Fsp3) is 0.571. The van der Waals surface area contributed by atoms with Crippen LogP contribution in [-0.4, -0.2) is 65.6 Å². The van der Waals surface area contributed by atoms with Crippen molar-refractivity contribution in [3.63, 3.8) is 0 Å². The number of aromatic nitrogens is 3. The molecule has 2 aliphatic heterocycles. The molecule has 0 spiro atoms. The van der Waals surface area contributed by atoms with E-state index in [1.54, 1.807) is 15.8 Å². The Kier molecular flexibility index (Phi) is 7.89. The molecule has 7 nitrogen and oxygen atoms in total. The third-order valence-electron chi connectivity index (χ3n) is 5.58. The Labute approximate surface area is 179 Å². The van der Waals surface area contributed by atoms with Crippen LogP contribution in [0.2, 0.25) is 0 Å². The number of anilines is 1. The molecule has 1 aliphatic carbocycles. The normalized spacial score (nSPS) is 18.1. The first-order chi connectivity index (χ1) is 14.9. The predicted octanol–water partition coefficient (Wildman–Crippen LogP) is 3.37. The lowest BCUT2D eigenvalue weighted by Crippen LogP contribution is -2.37. The van der Waals surface area contributed by atoms with E-state index in [9.17, 15) is 18.0 Å². The molecule has 31 heavy (non-hydrogen) atoms. The fourth-order valence-electron chi connectivity index (χ4n) is 3.77. The summed E-state index contributed by atoms with van der Waals surface area (Å²) in [6.07, 6.45) is 7.35. The van der Waals surface area contributed by atoms with Crippen molar-refractivity contribution in [1.29, 1.82) is 0 Å². The van der Waals surface area contributed by atoms with Gasteiger partial charge in [0.05, 0.1) is 24.5 Å².